The lowest BCUT2D eigenvalue weighted by molar-refractivity contribution is -0.150. The predicted octanol–water partition coefficient (Wildman–Crippen LogP) is 2.22. The number of nitrogens with zero attached hydrogens (tertiary/aromatic N) is 1. The molecule has 136 valence electrons. The lowest BCUT2D eigenvalue weighted by Crippen LogP contribution is -2.44. The van der Waals surface area contributed by atoms with Gasteiger partial charge in [-0.15, -0.1) is 0 Å². The summed E-state index contributed by atoms with van der Waals surface area (Å²) < 4.78 is 11.1. The van der Waals surface area contributed by atoms with E-state index in [0.717, 1.165) is 10.8 Å². The minimum absolute atomic E-state index is 0.0705. The smallest absolute Gasteiger partial charge is 0.302 e. The number of carbonyl (C=O) groups excluding carboxylic acids is 3. The summed E-state index contributed by atoms with van der Waals surface area (Å²) in [6.45, 7) is 1.24. The van der Waals surface area contributed by atoms with Crippen LogP contribution in [0.4, 0.5) is 5.69 Å². The number of benzene rings is 2. The molecule has 0 saturated carbocycles. The van der Waals surface area contributed by atoms with E-state index < -0.39 is 29.5 Å². The third kappa shape index (κ3) is 2.13. The van der Waals surface area contributed by atoms with Crippen molar-refractivity contribution in [2.45, 2.75) is 18.6 Å². The van der Waals surface area contributed by atoms with E-state index in [4.69, 9.17) is 9.47 Å². The second-order valence-corrected chi connectivity index (χ2v) is 7.19. The summed E-state index contributed by atoms with van der Waals surface area (Å²) in [6.07, 6.45) is 3.09. The first kappa shape index (κ1) is 16.2. The van der Waals surface area contributed by atoms with Crippen LogP contribution in [0.2, 0.25) is 0 Å². The molecular weight excluding hydrogens is 346 g/mol. The summed E-state index contributed by atoms with van der Waals surface area (Å²) in [4.78, 5) is 39.1. The zero-order valence-electron chi connectivity index (χ0n) is 14.6. The molecule has 0 radical (unpaired) electrons. The zero-order valence-corrected chi connectivity index (χ0v) is 14.6. The van der Waals surface area contributed by atoms with Crippen molar-refractivity contribution >= 4 is 34.2 Å². The fourth-order valence-electron chi connectivity index (χ4n) is 4.52. The molecule has 3 aliphatic rings. The number of hydrogen-bond donors (Lipinski definition) is 0. The molecule has 6 heteroatoms. The van der Waals surface area contributed by atoms with Gasteiger partial charge in [-0.2, -0.15) is 0 Å². The van der Waals surface area contributed by atoms with Gasteiger partial charge < -0.3 is 9.47 Å². The van der Waals surface area contributed by atoms with Crippen LogP contribution in [-0.2, 0) is 23.9 Å². The first-order chi connectivity index (χ1) is 13.0. The molecule has 4 atom stereocenters. The molecule has 0 aromatic heterocycles. The molecule has 0 aliphatic carbocycles. The van der Waals surface area contributed by atoms with E-state index in [0.29, 0.717) is 5.69 Å². The minimum atomic E-state index is -1.06. The molecule has 6 nitrogen and oxygen atoms in total. The van der Waals surface area contributed by atoms with Gasteiger partial charge in [0.05, 0.1) is 23.6 Å². The van der Waals surface area contributed by atoms with Crippen molar-refractivity contribution in [3.8, 4) is 0 Å². The highest BCUT2D eigenvalue weighted by atomic mass is 16.6. The Morgan fingerprint density at radius 2 is 1.93 bits per heavy atom. The fourth-order valence-corrected chi connectivity index (χ4v) is 4.52. The lowest BCUT2D eigenvalue weighted by atomic mass is 9.77. The Labute approximate surface area is 155 Å². The van der Waals surface area contributed by atoms with Crippen molar-refractivity contribution in [1.82, 2.24) is 0 Å². The Bertz CT molecular complexity index is 1020. The molecule has 0 N–H and O–H groups in total. The summed E-state index contributed by atoms with van der Waals surface area (Å²) in [6, 6.07) is 13.2. The van der Waals surface area contributed by atoms with Crippen LogP contribution in [-0.4, -0.2) is 36.1 Å². The topological polar surface area (TPSA) is 72.9 Å². The van der Waals surface area contributed by atoms with Gasteiger partial charge in [-0.1, -0.05) is 42.5 Å². The average Bonchev–Trinajstić information content (AvgIpc) is 3.30. The molecule has 27 heavy (non-hydrogen) atoms. The molecule has 0 spiro atoms. The number of hydrogen-bond acceptors (Lipinski definition) is 5. The van der Waals surface area contributed by atoms with Crippen LogP contribution in [0.25, 0.3) is 10.8 Å². The predicted molar refractivity (Wildman–Crippen MR) is 96.8 cm³/mol. The molecule has 3 aliphatic heterocycles. The van der Waals surface area contributed by atoms with Gasteiger partial charge >= 0.3 is 5.97 Å². The second kappa shape index (κ2) is 5.50. The van der Waals surface area contributed by atoms with Crippen molar-refractivity contribution in [3.05, 3.63) is 54.6 Å². The summed E-state index contributed by atoms with van der Waals surface area (Å²) >= 11 is 0. The number of anilines is 1. The number of rotatable bonds is 3. The molecule has 2 aromatic carbocycles. The van der Waals surface area contributed by atoms with Crippen LogP contribution < -0.4 is 4.90 Å². The molecule has 2 aromatic rings. The normalized spacial score (nSPS) is 31.0. The maximum Gasteiger partial charge on any atom is 0.302 e. The van der Waals surface area contributed by atoms with E-state index in [-0.39, 0.29) is 18.4 Å². The van der Waals surface area contributed by atoms with E-state index in [1.165, 1.54) is 11.8 Å². The Morgan fingerprint density at radius 3 is 2.74 bits per heavy atom. The highest BCUT2D eigenvalue weighted by Gasteiger charge is 2.68. The van der Waals surface area contributed by atoms with Crippen LogP contribution in [0.15, 0.2) is 54.6 Å². The zero-order chi connectivity index (χ0) is 18.8. The van der Waals surface area contributed by atoms with Gasteiger partial charge in [-0.05, 0) is 17.5 Å². The van der Waals surface area contributed by atoms with E-state index in [1.54, 1.807) is 18.2 Å². The van der Waals surface area contributed by atoms with Crippen molar-refractivity contribution in [3.63, 3.8) is 0 Å². The van der Waals surface area contributed by atoms with Gasteiger partial charge in [0.1, 0.15) is 12.2 Å². The van der Waals surface area contributed by atoms with E-state index in [9.17, 15) is 14.4 Å². The van der Waals surface area contributed by atoms with E-state index in [2.05, 4.69) is 0 Å². The van der Waals surface area contributed by atoms with Crippen LogP contribution >= 0.6 is 0 Å². The third-order valence-corrected chi connectivity index (χ3v) is 5.66. The maximum absolute atomic E-state index is 13.3. The Hall–Kier alpha value is -2.99. The Kier molecular flexibility index (Phi) is 3.30. The van der Waals surface area contributed by atoms with Crippen molar-refractivity contribution < 1.29 is 23.9 Å². The third-order valence-electron chi connectivity index (χ3n) is 5.66. The quantitative estimate of drug-likeness (QED) is 0.475. The lowest BCUT2D eigenvalue weighted by Gasteiger charge is -2.28. The number of carbonyl (C=O) groups is 3. The number of ether oxygens (including phenoxy) is 2. The van der Waals surface area contributed by atoms with Crippen LogP contribution in [0.3, 0.4) is 0 Å². The van der Waals surface area contributed by atoms with Gasteiger partial charge in [-0.3, -0.25) is 14.4 Å². The Morgan fingerprint density at radius 1 is 1.15 bits per heavy atom. The van der Waals surface area contributed by atoms with Crippen molar-refractivity contribution in [2.75, 3.05) is 11.5 Å². The number of esters is 1. The highest BCUT2D eigenvalue weighted by molar-refractivity contribution is 6.26. The molecule has 2 saturated heterocycles. The van der Waals surface area contributed by atoms with E-state index >= 15 is 0 Å². The van der Waals surface area contributed by atoms with Crippen LogP contribution in [0.5, 0.6) is 0 Å². The average molecular weight is 363 g/mol. The van der Waals surface area contributed by atoms with Gasteiger partial charge in [0.2, 0.25) is 11.8 Å². The number of amides is 2. The molecule has 5 rings (SSSR count). The second-order valence-electron chi connectivity index (χ2n) is 7.19. The first-order valence-corrected chi connectivity index (χ1v) is 8.88. The summed E-state index contributed by atoms with van der Waals surface area (Å²) in [5.41, 5.74) is -0.480. The van der Waals surface area contributed by atoms with Crippen molar-refractivity contribution in [1.29, 1.82) is 0 Å². The molecule has 3 heterocycles. The van der Waals surface area contributed by atoms with E-state index in [1.807, 2.05) is 36.4 Å². The SMILES string of the molecule is CC(=O)OC[C@@]12C=C[C@@H](O1)[C@H]1C(=O)N(c3cccc4ccccc34)C(=O)[C@H]12. The van der Waals surface area contributed by atoms with Crippen LogP contribution in [0.1, 0.15) is 6.92 Å². The van der Waals surface area contributed by atoms with Crippen LogP contribution in [0, 0.1) is 11.8 Å². The standard InChI is InChI=1S/C21H17NO5/c1-12(23)26-11-21-10-9-16(27-21)17-18(21)20(25)22(19(17)24)15-8-4-6-13-5-2-3-7-14(13)15/h2-10,16-18H,11H2,1H3/t16-,17-,18+,21-/m1/s1. The highest BCUT2D eigenvalue weighted by Crippen LogP contribution is 2.53. The molecule has 0 unspecified atom stereocenters. The monoisotopic (exact) mass is 363 g/mol. The number of imide groups is 1. The molecule has 2 fully saturated rings. The minimum Gasteiger partial charge on any atom is -0.462 e. The largest absolute Gasteiger partial charge is 0.462 e. The molecule has 2 bridgehead atoms. The fraction of sp³-hybridized carbons (Fsp3) is 0.286. The number of fused-ring (bicyclic) bond motifs is 6. The molecule has 2 amide bonds. The first-order valence-electron chi connectivity index (χ1n) is 8.88. The van der Waals surface area contributed by atoms with Gasteiger partial charge in [-0.25, -0.2) is 4.90 Å². The van der Waals surface area contributed by atoms with Gasteiger partial charge in [0.15, 0.2) is 0 Å². The summed E-state index contributed by atoms with van der Waals surface area (Å²) in [7, 11) is 0. The molecular formula is C21H17NO5. The van der Waals surface area contributed by atoms with Crippen molar-refractivity contribution in [2.24, 2.45) is 11.8 Å². The Balaban J connectivity index is 1.58. The summed E-state index contributed by atoms with van der Waals surface area (Å²) in [5, 5.41) is 1.80. The maximum atomic E-state index is 13.3. The summed E-state index contributed by atoms with van der Waals surface area (Å²) in [5.74, 6) is -2.29. The van der Waals surface area contributed by atoms with Gasteiger partial charge in [0, 0.05) is 12.3 Å². The van der Waals surface area contributed by atoms with Gasteiger partial charge in [0.25, 0.3) is 0 Å².